The van der Waals surface area contributed by atoms with Gasteiger partial charge in [0.2, 0.25) is 0 Å². The molecule has 0 spiro atoms. The van der Waals surface area contributed by atoms with Gasteiger partial charge in [-0.2, -0.15) is 0 Å². The van der Waals surface area contributed by atoms with Crippen molar-refractivity contribution in [2.24, 2.45) is 0 Å². The molecular weight excluding hydrogens is 407 g/mol. The van der Waals surface area contributed by atoms with Crippen molar-refractivity contribution in [3.05, 3.63) is 67.8 Å². The molecule has 0 fully saturated rings. The fourth-order valence-electron chi connectivity index (χ4n) is 2.14. The first-order valence-corrected chi connectivity index (χ1v) is 8.12. The lowest BCUT2D eigenvalue weighted by molar-refractivity contribution is 0.503. The highest BCUT2D eigenvalue weighted by Gasteiger charge is 2.19. The highest BCUT2D eigenvalue weighted by Crippen LogP contribution is 2.31. The first-order chi connectivity index (χ1) is 10.0. The van der Waals surface area contributed by atoms with Crippen LogP contribution in [0.2, 0.25) is 5.02 Å². The van der Waals surface area contributed by atoms with Gasteiger partial charge in [-0.05, 0) is 70.9 Å². The van der Waals surface area contributed by atoms with Gasteiger partial charge in [-0.1, -0.05) is 30.7 Å². The van der Waals surface area contributed by atoms with Crippen LogP contribution in [-0.4, -0.2) is 6.54 Å². The molecule has 0 aliphatic rings. The molecule has 112 valence electrons. The molecule has 5 heteroatoms. The van der Waals surface area contributed by atoms with Crippen molar-refractivity contribution in [1.82, 2.24) is 5.32 Å². The number of nitrogens with one attached hydrogen (secondary N) is 1. The fraction of sp³-hybridized carbons (Fsp3) is 0.250. The topological polar surface area (TPSA) is 12.0 Å². The van der Waals surface area contributed by atoms with Crippen LogP contribution in [0.5, 0.6) is 0 Å². The predicted molar refractivity (Wildman–Crippen MR) is 90.7 cm³/mol. The summed E-state index contributed by atoms with van der Waals surface area (Å²) in [5.74, 6) is -1.82. The van der Waals surface area contributed by atoms with Crippen LogP contribution < -0.4 is 5.32 Å². The van der Waals surface area contributed by atoms with Gasteiger partial charge in [-0.3, -0.25) is 0 Å². The highest BCUT2D eigenvalue weighted by molar-refractivity contribution is 14.1. The Labute approximate surface area is 141 Å². The maximum atomic E-state index is 13.6. The molecule has 21 heavy (non-hydrogen) atoms. The molecule has 0 aromatic heterocycles. The molecule has 1 N–H and O–H groups in total. The van der Waals surface area contributed by atoms with Gasteiger partial charge in [0.25, 0.3) is 0 Å². The second kappa shape index (κ2) is 7.51. The van der Waals surface area contributed by atoms with Gasteiger partial charge in [-0.15, -0.1) is 0 Å². The number of hydrogen-bond acceptors (Lipinski definition) is 1. The quantitative estimate of drug-likeness (QED) is 0.509. The van der Waals surface area contributed by atoms with E-state index < -0.39 is 11.6 Å². The summed E-state index contributed by atoms with van der Waals surface area (Å²) in [4.78, 5) is 0. The Hall–Kier alpha value is -0.720. The Kier molecular flexibility index (Phi) is 5.96. The Morgan fingerprint density at radius 3 is 2.57 bits per heavy atom. The molecule has 1 atom stereocenters. The van der Waals surface area contributed by atoms with E-state index in [0.717, 1.165) is 28.2 Å². The third-order valence-corrected chi connectivity index (χ3v) is 4.13. The molecule has 1 nitrogen and oxygen atoms in total. The lowest BCUT2D eigenvalue weighted by Gasteiger charge is -2.21. The van der Waals surface area contributed by atoms with Crippen molar-refractivity contribution in [3.8, 4) is 0 Å². The van der Waals surface area contributed by atoms with Crippen LogP contribution in [0.4, 0.5) is 8.78 Å². The summed E-state index contributed by atoms with van der Waals surface area (Å²) < 4.78 is 27.9. The number of rotatable bonds is 5. The number of halogens is 4. The molecular formula is C16H15ClF2IN. The second-order valence-corrected chi connectivity index (χ2v) is 6.38. The summed E-state index contributed by atoms with van der Waals surface area (Å²) in [5.41, 5.74) is 1.52. The van der Waals surface area contributed by atoms with E-state index in [2.05, 4.69) is 27.9 Å². The molecule has 0 saturated carbocycles. The maximum absolute atomic E-state index is 13.6. The Bertz CT molecular complexity index is 634. The number of hydrogen-bond donors (Lipinski definition) is 1. The zero-order valence-electron chi connectivity index (χ0n) is 11.5. The third-order valence-electron chi connectivity index (χ3n) is 3.13. The van der Waals surface area contributed by atoms with E-state index in [-0.39, 0.29) is 11.1 Å². The smallest absolute Gasteiger partial charge is 0.160 e. The van der Waals surface area contributed by atoms with E-state index in [1.165, 1.54) is 6.07 Å². The van der Waals surface area contributed by atoms with Gasteiger partial charge in [0.1, 0.15) is 0 Å². The minimum Gasteiger partial charge on any atom is -0.306 e. The Morgan fingerprint density at radius 2 is 1.90 bits per heavy atom. The summed E-state index contributed by atoms with van der Waals surface area (Å²) in [6.45, 7) is 2.80. The van der Waals surface area contributed by atoms with Crippen LogP contribution in [-0.2, 0) is 0 Å². The molecule has 0 saturated heterocycles. The maximum Gasteiger partial charge on any atom is 0.160 e. The summed E-state index contributed by atoms with van der Waals surface area (Å²) in [5, 5.41) is 3.56. The van der Waals surface area contributed by atoms with Crippen molar-refractivity contribution in [1.29, 1.82) is 0 Å². The fourth-order valence-corrected chi connectivity index (χ4v) is 2.97. The second-order valence-electron chi connectivity index (χ2n) is 4.73. The molecule has 0 bridgehead atoms. The molecule has 0 radical (unpaired) electrons. The minimum atomic E-state index is -0.930. The van der Waals surface area contributed by atoms with E-state index in [1.54, 1.807) is 0 Å². The van der Waals surface area contributed by atoms with Gasteiger partial charge < -0.3 is 5.32 Å². The van der Waals surface area contributed by atoms with Crippen molar-refractivity contribution >= 4 is 34.2 Å². The lowest BCUT2D eigenvalue weighted by atomic mass is 9.98. The minimum absolute atomic E-state index is 0.223. The van der Waals surface area contributed by atoms with E-state index in [0.29, 0.717) is 5.56 Å². The van der Waals surface area contributed by atoms with Crippen molar-refractivity contribution < 1.29 is 8.78 Å². The first kappa shape index (κ1) is 16.6. The average Bonchev–Trinajstić information content (AvgIpc) is 2.44. The van der Waals surface area contributed by atoms with E-state index in [9.17, 15) is 8.78 Å². The van der Waals surface area contributed by atoms with Gasteiger partial charge in [0, 0.05) is 8.59 Å². The van der Waals surface area contributed by atoms with Gasteiger partial charge >= 0.3 is 0 Å². The molecule has 0 amide bonds. The predicted octanol–water partition coefficient (Wildman–Crippen LogP) is 5.31. The Balaban J connectivity index is 2.47. The van der Waals surface area contributed by atoms with Crippen molar-refractivity contribution in [2.45, 2.75) is 19.4 Å². The third kappa shape index (κ3) is 4.14. The zero-order chi connectivity index (χ0) is 15.4. The summed E-state index contributed by atoms with van der Waals surface area (Å²) in [7, 11) is 0. The zero-order valence-corrected chi connectivity index (χ0v) is 14.4. The van der Waals surface area contributed by atoms with Crippen LogP contribution in [0.15, 0.2) is 36.4 Å². The normalized spacial score (nSPS) is 12.4. The standard InChI is InChI=1S/C16H15ClF2IN/c1-2-6-21-16(10-4-3-5-11(20)7-10)12-8-14(18)15(19)9-13(12)17/h3-5,7-9,16,21H,2,6H2,1H3. The first-order valence-electron chi connectivity index (χ1n) is 6.66. The van der Waals surface area contributed by atoms with Gasteiger partial charge in [-0.25, -0.2) is 8.78 Å². The SMILES string of the molecule is CCCNC(c1cccc(I)c1)c1cc(F)c(F)cc1Cl. The Morgan fingerprint density at radius 1 is 1.19 bits per heavy atom. The van der Waals surface area contributed by atoms with Crippen LogP contribution in [0.3, 0.4) is 0 Å². The number of benzene rings is 2. The summed E-state index contributed by atoms with van der Waals surface area (Å²) >= 11 is 8.34. The van der Waals surface area contributed by atoms with Crippen LogP contribution >= 0.6 is 34.2 Å². The van der Waals surface area contributed by atoms with Gasteiger partial charge in [0.05, 0.1) is 6.04 Å². The molecule has 2 aromatic rings. The van der Waals surface area contributed by atoms with Crippen molar-refractivity contribution in [3.63, 3.8) is 0 Å². The van der Waals surface area contributed by atoms with E-state index >= 15 is 0 Å². The highest BCUT2D eigenvalue weighted by atomic mass is 127. The molecule has 0 aliphatic heterocycles. The molecule has 0 heterocycles. The largest absolute Gasteiger partial charge is 0.306 e. The van der Waals surface area contributed by atoms with Crippen molar-refractivity contribution in [2.75, 3.05) is 6.54 Å². The molecule has 2 rings (SSSR count). The van der Waals surface area contributed by atoms with Crippen LogP contribution in [0.1, 0.15) is 30.5 Å². The van der Waals surface area contributed by atoms with E-state index in [4.69, 9.17) is 11.6 Å². The average molecular weight is 422 g/mol. The lowest BCUT2D eigenvalue weighted by Crippen LogP contribution is -2.24. The van der Waals surface area contributed by atoms with Crippen LogP contribution in [0, 0.1) is 15.2 Å². The van der Waals surface area contributed by atoms with Gasteiger partial charge in [0.15, 0.2) is 11.6 Å². The van der Waals surface area contributed by atoms with Crippen LogP contribution in [0.25, 0.3) is 0 Å². The molecule has 2 aromatic carbocycles. The van der Waals surface area contributed by atoms with E-state index in [1.807, 2.05) is 31.2 Å². The molecule has 0 aliphatic carbocycles. The summed E-state index contributed by atoms with van der Waals surface area (Å²) in [6, 6.07) is 9.81. The molecule has 1 unspecified atom stereocenters. The monoisotopic (exact) mass is 421 g/mol. The summed E-state index contributed by atoms with van der Waals surface area (Å²) in [6.07, 6.45) is 0.932.